The van der Waals surface area contributed by atoms with Gasteiger partial charge in [-0.05, 0) is 24.5 Å². The van der Waals surface area contributed by atoms with Gasteiger partial charge in [-0.1, -0.05) is 12.3 Å². The van der Waals surface area contributed by atoms with Crippen molar-refractivity contribution in [1.82, 2.24) is 9.97 Å². The first-order valence-electron chi connectivity index (χ1n) is 5.27. The second-order valence-electron chi connectivity index (χ2n) is 3.52. The third-order valence-corrected chi connectivity index (χ3v) is 2.39. The molecule has 0 aliphatic carbocycles. The predicted octanol–water partition coefficient (Wildman–Crippen LogP) is 2.19. The number of hydrogen-bond donors (Lipinski definition) is 0. The Morgan fingerprint density at radius 1 is 1.00 bits per heavy atom. The molecule has 0 fully saturated rings. The minimum absolute atomic E-state index is 0. The van der Waals surface area contributed by atoms with E-state index in [-0.39, 0.29) is 20.1 Å². The minimum atomic E-state index is 0. The molecule has 0 bridgehead atoms. The Kier molecular flexibility index (Phi) is 4.07. The molecule has 1 radical (unpaired) electrons. The summed E-state index contributed by atoms with van der Waals surface area (Å²) in [6.45, 7) is 1.92. The van der Waals surface area contributed by atoms with Crippen LogP contribution in [0.4, 0.5) is 11.6 Å². The SMILES string of the molecule is [Ir].[c-]1cccnc1N1C=CN(c2ccccn2)[CH-]1. The van der Waals surface area contributed by atoms with Crippen molar-refractivity contribution in [1.29, 1.82) is 0 Å². The summed E-state index contributed by atoms with van der Waals surface area (Å²) < 4.78 is 0. The second-order valence-corrected chi connectivity index (χ2v) is 3.52. The molecule has 0 amide bonds. The first kappa shape index (κ1) is 12.7. The van der Waals surface area contributed by atoms with Gasteiger partial charge in [-0.15, -0.1) is 6.67 Å². The summed E-state index contributed by atoms with van der Waals surface area (Å²) >= 11 is 0. The molecule has 0 saturated carbocycles. The van der Waals surface area contributed by atoms with Crippen molar-refractivity contribution in [3.63, 3.8) is 0 Å². The van der Waals surface area contributed by atoms with Crippen LogP contribution in [0.3, 0.4) is 0 Å². The third kappa shape index (κ3) is 2.58. The summed E-state index contributed by atoms with van der Waals surface area (Å²) in [5.41, 5.74) is 0. The number of hydrogen-bond acceptors (Lipinski definition) is 4. The molecule has 0 saturated heterocycles. The van der Waals surface area contributed by atoms with E-state index in [1.807, 2.05) is 59.2 Å². The third-order valence-electron chi connectivity index (χ3n) is 2.39. The number of pyridine rings is 2. The Hall–Kier alpha value is -1.71. The fourth-order valence-corrected chi connectivity index (χ4v) is 1.58. The largest absolute Gasteiger partial charge is 0.480 e. The molecule has 4 nitrogen and oxygen atoms in total. The van der Waals surface area contributed by atoms with E-state index in [1.54, 1.807) is 12.4 Å². The van der Waals surface area contributed by atoms with Crippen LogP contribution < -0.4 is 9.80 Å². The zero-order chi connectivity index (χ0) is 11.5. The molecule has 2 aromatic heterocycles. The van der Waals surface area contributed by atoms with Gasteiger partial charge in [-0.25, -0.2) is 17.1 Å². The molecule has 1 aliphatic heterocycles. The van der Waals surface area contributed by atoms with Crippen LogP contribution in [0.25, 0.3) is 0 Å². The van der Waals surface area contributed by atoms with Crippen molar-refractivity contribution in [2.24, 2.45) is 0 Å². The molecule has 0 spiro atoms. The van der Waals surface area contributed by atoms with Gasteiger partial charge in [0.15, 0.2) is 0 Å². The standard InChI is InChI=1S/C13H10N4.Ir/c1-3-7-14-12(5-1)16-9-10-17(11-16)13-6-2-4-8-15-13;/h1-5,7-11H;/q-2;. The van der Waals surface area contributed by atoms with Gasteiger partial charge in [0.25, 0.3) is 0 Å². The van der Waals surface area contributed by atoms with Crippen LogP contribution in [0.5, 0.6) is 0 Å². The Balaban J connectivity index is 0.00000120. The van der Waals surface area contributed by atoms with Crippen molar-refractivity contribution >= 4 is 11.6 Å². The Bertz CT molecular complexity index is 468. The van der Waals surface area contributed by atoms with Crippen LogP contribution >= 0.6 is 0 Å². The molecule has 0 atom stereocenters. The maximum atomic E-state index is 4.28. The van der Waals surface area contributed by atoms with Gasteiger partial charge in [-0.2, -0.15) is 6.07 Å². The molecule has 0 aromatic carbocycles. The molecule has 3 heterocycles. The van der Waals surface area contributed by atoms with Gasteiger partial charge < -0.3 is 9.80 Å². The Morgan fingerprint density at radius 2 is 1.83 bits per heavy atom. The van der Waals surface area contributed by atoms with E-state index in [0.717, 1.165) is 11.6 Å². The molecule has 0 unspecified atom stereocenters. The van der Waals surface area contributed by atoms with Crippen molar-refractivity contribution in [3.8, 4) is 0 Å². The van der Waals surface area contributed by atoms with Gasteiger partial charge in [0, 0.05) is 32.1 Å². The zero-order valence-corrected chi connectivity index (χ0v) is 11.8. The smallest absolute Gasteiger partial charge is 0.104 e. The van der Waals surface area contributed by atoms with E-state index in [4.69, 9.17) is 0 Å². The second kappa shape index (κ2) is 5.76. The van der Waals surface area contributed by atoms with Crippen LogP contribution in [0, 0.1) is 12.7 Å². The van der Waals surface area contributed by atoms with Crippen LogP contribution in [-0.4, -0.2) is 9.97 Å². The topological polar surface area (TPSA) is 32.3 Å². The van der Waals surface area contributed by atoms with Gasteiger partial charge in [0.05, 0.1) is 0 Å². The van der Waals surface area contributed by atoms with Gasteiger partial charge >= 0.3 is 0 Å². The van der Waals surface area contributed by atoms with Gasteiger partial charge in [0.1, 0.15) is 5.82 Å². The summed E-state index contributed by atoms with van der Waals surface area (Å²) in [6.07, 6.45) is 7.38. The van der Waals surface area contributed by atoms with E-state index >= 15 is 0 Å². The van der Waals surface area contributed by atoms with Crippen molar-refractivity contribution in [2.45, 2.75) is 0 Å². The quantitative estimate of drug-likeness (QED) is 0.706. The van der Waals surface area contributed by atoms with Crippen LogP contribution in [0.1, 0.15) is 0 Å². The number of aromatic nitrogens is 2. The van der Waals surface area contributed by atoms with Crippen molar-refractivity contribution in [2.75, 3.05) is 9.80 Å². The Labute approximate surface area is 119 Å². The van der Waals surface area contributed by atoms with E-state index in [1.165, 1.54) is 0 Å². The normalized spacial score (nSPS) is 13.6. The fraction of sp³-hybridized carbons (Fsp3) is 0. The average molecular weight is 414 g/mol. The summed E-state index contributed by atoms with van der Waals surface area (Å²) in [7, 11) is 0. The maximum Gasteiger partial charge on any atom is 0.104 e. The van der Waals surface area contributed by atoms with Crippen LogP contribution in [0.15, 0.2) is 55.1 Å². The molecular formula is C13H10IrN4-2. The summed E-state index contributed by atoms with van der Waals surface area (Å²) in [6, 6.07) is 12.6. The molecule has 5 heteroatoms. The van der Waals surface area contributed by atoms with E-state index in [9.17, 15) is 0 Å². The predicted molar refractivity (Wildman–Crippen MR) is 65.7 cm³/mol. The average Bonchev–Trinajstić information content (AvgIpc) is 2.90. The summed E-state index contributed by atoms with van der Waals surface area (Å²) in [5, 5.41) is 0. The molecule has 2 aromatic rings. The molecular weight excluding hydrogens is 404 g/mol. The molecule has 93 valence electrons. The monoisotopic (exact) mass is 415 g/mol. The first-order valence-corrected chi connectivity index (χ1v) is 5.27. The van der Waals surface area contributed by atoms with Crippen molar-refractivity contribution in [3.05, 3.63) is 67.9 Å². The van der Waals surface area contributed by atoms with Crippen LogP contribution in [-0.2, 0) is 20.1 Å². The first-order chi connectivity index (χ1) is 8.43. The number of anilines is 2. The molecule has 0 N–H and O–H groups in total. The molecule has 18 heavy (non-hydrogen) atoms. The molecule has 1 aliphatic rings. The minimum Gasteiger partial charge on any atom is -0.480 e. The fourth-order valence-electron chi connectivity index (χ4n) is 1.58. The zero-order valence-electron chi connectivity index (χ0n) is 9.40. The number of rotatable bonds is 2. The number of nitrogens with zero attached hydrogens (tertiary/aromatic N) is 4. The molecule has 3 rings (SSSR count). The van der Waals surface area contributed by atoms with Crippen LogP contribution in [0.2, 0.25) is 0 Å². The van der Waals surface area contributed by atoms with Gasteiger partial charge in [0.2, 0.25) is 0 Å². The maximum absolute atomic E-state index is 4.28. The Morgan fingerprint density at radius 3 is 2.56 bits per heavy atom. The summed E-state index contributed by atoms with van der Waals surface area (Å²) in [4.78, 5) is 12.3. The van der Waals surface area contributed by atoms with E-state index < -0.39 is 0 Å². The van der Waals surface area contributed by atoms with Gasteiger partial charge in [-0.3, -0.25) is 4.98 Å². The van der Waals surface area contributed by atoms with Crippen molar-refractivity contribution < 1.29 is 20.1 Å². The van der Waals surface area contributed by atoms with E-state index in [0.29, 0.717) is 0 Å². The summed E-state index contributed by atoms with van der Waals surface area (Å²) in [5.74, 6) is 1.64. The van der Waals surface area contributed by atoms with E-state index in [2.05, 4.69) is 16.0 Å².